The number of anilines is 1. The van der Waals surface area contributed by atoms with E-state index >= 15 is 0 Å². The van der Waals surface area contributed by atoms with Crippen LogP contribution in [0.2, 0.25) is 0 Å². The number of rotatable bonds is 6. The van der Waals surface area contributed by atoms with E-state index in [0.717, 1.165) is 0 Å². The van der Waals surface area contributed by atoms with Crippen molar-refractivity contribution in [3.05, 3.63) is 53.6 Å². The Hall–Kier alpha value is -3.00. The van der Waals surface area contributed by atoms with Crippen molar-refractivity contribution in [2.75, 3.05) is 18.5 Å². The molecule has 0 aliphatic rings. The van der Waals surface area contributed by atoms with Crippen LogP contribution in [0.3, 0.4) is 0 Å². The average molecular weight is 310 g/mol. The smallest absolute Gasteiger partial charge is 0.259 e. The third-order valence-electron chi connectivity index (χ3n) is 3.10. The zero-order valence-corrected chi connectivity index (χ0v) is 13.1. The molecule has 2 aromatic carbocycles. The molecule has 0 aromatic heterocycles. The third kappa shape index (κ3) is 4.01. The Labute approximate surface area is 135 Å². The van der Waals surface area contributed by atoms with E-state index in [1.807, 2.05) is 13.8 Å². The third-order valence-corrected chi connectivity index (χ3v) is 3.10. The predicted octanol–water partition coefficient (Wildman–Crippen LogP) is 3.61. The molecule has 0 aliphatic carbocycles. The first-order chi connectivity index (χ1) is 11.2. The molecule has 0 spiro atoms. The Bertz CT molecular complexity index is 735. The largest absolute Gasteiger partial charge is 0.494 e. The number of hydrogen-bond acceptors (Lipinski definition) is 4. The standard InChI is InChI=1S/C18H18N2O3/c1-3-22-14-9-10-15(17(11-14)23-4-2)18(21)20-16-8-6-5-7-13(16)12-19/h5-11H,3-4H2,1-2H3,(H,20,21). The van der Waals surface area contributed by atoms with Crippen LogP contribution in [0.15, 0.2) is 42.5 Å². The van der Waals surface area contributed by atoms with Crippen LogP contribution in [-0.2, 0) is 0 Å². The number of nitriles is 1. The van der Waals surface area contributed by atoms with Gasteiger partial charge in [-0.2, -0.15) is 5.26 Å². The molecule has 2 rings (SSSR count). The maximum atomic E-state index is 12.5. The minimum absolute atomic E-state index is 0.334. The van der Waals surface area contributed by atoms with Crippen LogP contribution in [0.4, 0.5) is 5.69 Å². The fraction of sp³-hybridized carbons (Fsp3) is 0.222. The molecule has 0 radical (unpaired) electrons. The second kappa shape index (κ2) is 7.85. The van der Waals surface area contributed by atoms with Crippen molar-refractivity contribution < 1.29 is 14.3 Å². The van der Waals surface area contributed by atoms with Gasteiger partial charge < -0.3 is 14.8 Å². The topological polar surface area (TPSA) is 71.3 Å². The van der Waals surface area contributed by atoms with Gasteiger partial charge in [-0.05, 0) is 38.1 Å². The Morgan fingerprint density at radius 3 is 2.57 bits per heavy atom. The summed E-state index contributed by atoms with van der Waals surface area (Å²) in [6.45, 7) is 4.71. The molecule has 0 unspecified atom stereocenters. The number of para-hydroxylation sites is 1. The van der Waals surface area contributed by atoms with Gasteiger partial charge in [-0.15, -0.1) is 0 Å². The summed E-state index contributed by atoms with van der Waals surface area (Å²) in [5.41, 5.74) is 1.27. The van der Waals surface area contributed by atoms with Crippen molar-refractivity contribution in [2.24, 2.45) is 0 Å². The molecule has 2 aromatic rings. The predicted molar refractivity (Wildman–Crippen MR) is 87.9 cm³/mol. The number of hydrogen-bond donors (Lipinski definition) is 1. The highest BCUT2D eigenvalue weighted by atomic mass is 16.5. The van der Waals surface area contributed by atoms with E-state index < -0.39 is 0 Å². The average Bonchev–Trinajstić information content (AvgIpc) is 2.56. The van der Waals surface area contributed by atoms with Crippen molar-refractivity contribution in [3.63, 3.8) is 0 Å². The monoisotopic (exact) mass is 310 g/mol. The van der Waals surface area contributed by atoms with Crippen LogP contribution in [-0.4, -0.2) is 19.1 Å². The number of carbonyl (C=O) groups excluding carboxylic acids is 1. The number of ether oxygens (including phenoxy) is 2. The summed E-state index contributed by atoms with van der Waals surface area (Å²) < 4.78 is 11.0. The summed E-state index contributed by atoms with van der Waals surface area (Å²) in [5.74, 6) is 0.759. The van der Waals surface area contributed by atoms with E-state index in [4.69, 9.17) is 14.7 Å². The van der Waals surface area contributed by atoms with Gasteiger partial charge in [0.2, 0.25) is 0 Å². The Morgan fingerprint density at radius 1 is 1.13 bits per heavy atom. The van der Waals surface area contributed by atoms with Gasteiger partial charge in [0.25, 0.3) is 5.91 Å². The van der Waals surface area contributed by atoms with Crippen LogP contribution < -0.4 is 14.8 Å². The Balaban J connectivity index is 2.29. The van der Waals surface area contributed by atoms with Gasteiger partial charge in [0.05, 0.1) is 30.0 Å². The lowest BCUT2D eigenvalue weighted by Crippen LogP contribution is -2.14. The van der Waals surface area contributed by atoms with Crippen molar-refractivity contribution in [3.8, 4) is 17.6 Å². The maximum absolute atomic E-state index is 12.5. The number of nitrogens with zero attached hydrogens (tertiary/aromatic N) is 1. The van der Waals surface area contributed by atoms with E-state index in [1.54, 1.807) is 42.5 Å². The highest BCUT2D eigenvalue weighted by Gasteiger charge is 2.15. The quantitative estimate of drug-likeness (QED) is 0.884. The maximum Gasteiger partial charge on any atom is 0.259 e. The molecular weight excluding hydrogens is 292 g/mol. The summed E-state index contributed by atoms with van der Waals surface area (Å²) in [6.07, 6.45) is 0. The van der Waals surface area contributed by atoms with E-state index in [1.165, 1.54) is 0 Å². The molecule has 0 saturated carbocycles. The lowest BCUT2D eigenvalue weighted by molar-refractivity contribution is 0.102. The second-order valence-corrected chi connectivity index (χ2v) is 4.64. The Kier molecular flexibility index (Phi) is 5.59. The Morgan fingerprint density at radius 2 is 1.87 bits per heavy atom. The minimum Gasteiger partial charge on any atom is -0.494 e. The van der Waals surface area contributed by atoms with Gasteiger partial charge in [-0.1, -0.05) is 12.1 Å². The highest BCUT2D eigenvalue weighted by molar-refractivity contribution is 6.06. The number of nitrogens with one attached hydrogen (secondary N) is 1. The zero-order chi connectivity index (χ0) is 16.7. The molecule has 1 amide bonds. The molecular formula is C18H18N2O3. The van der Waals surface area contributed by atoms with Crippen LogP contribution in [0.25, 0.3) is 0 Å². The SMILES string of the molecule is CCOc1ccc(C(=O)Nc2ccccc2C#N)c(OCC)c1. The van der Waals surface area contributed by atoms with Crippen molar-refractivity contribution in [1.29, 1.82) is 5.26 Å². The molecule has 1 N–H and O–H groups in total. The molecule has 5 nitrogen and oxygen atoms in total. The molecule has 23 heavy (non-hydrogen) atoms. The summed E-state index contributed by atoms with van der Waals surface area (Å²) in [6, 6.07) is 14.0. The zero-order valence-electron chi connectivity index (χ0n) is 13.1. The first-order valence-corrected chi connectivity index (χ1v) is 7.39. The molecule has 0 bridgehead atoms. The molecule has 0 fully saturated rings. The van der Waals surface area contributed by atoms with Gasteiger partial charge in [0, 0.05) is 6.07 Å². The van der Waals surface area contributed by atoms with Gasteiger partial charge in [-0.25, -0.2) is 0 Å². The van der Waals surface area contributed by atoms with Crippen LogP contribution in [0, 0.1) is 11.3 Å². The molecule has 0 saturated heterocycles. The fourth-order valence-corrected chi connectivity index (χ4v) is 2.10. The summed E-state index contributed by atoms with van der Waals surface area (Å²) in [7, 11) is 0. The second-order valence-electron chi connectivity index (χ2n) is 4.64. The normalized spacial score (nSPS) is 9.78. The summed E-state index contributed by atoms with van der Waals surface area (Å²) >= 11 is 0. The van der Waals surface area contributed by atoms with Gasteiger partial charge in [0.1, 0.15) is 17.6 Å². The number of amides is 1. The lowest BCUT2D eigenvalue weighted by atomic mass is 10.1. The fourth-order valence-electron chi connectivity index (χ4n) is 2.10. The van der Waals surface area contributed by atoms with Gasteiger partial charge >= 0.3 is 0 Å². The molecule has 5 heteroatoms. The van der Waals surface area contributed by atoms with Crippen LogP contribution in [0.5, 0.6) is 11.5 Å². The van der Waals surface area contributed by atoms with E-state index in [2.05, 4.69) is 11.4 Å². The summed E-state index contributed by atoms with van der Waals surface area (Å²) in [4.78, 5) is 12.5. The molecule has 118 valence electrons. The first-order valence-electron chi connectivity index (χ1n) is 7.39. The van der Waals surface area contributed by atoms with Gasteiger partial charge in [-0.3, -0.25) is 4.79 Å². The van der Waals surface area contributed by atoms with E-state index in [9.17, 15) is 4.79 Å². The lowest BCUT2D eigenvalue weighted by Gasteiger charge is -2.13. The number of benzene rings is 2. The molecule has 0 heterocycles. The van der Waals surface area contributed by atoms with E-state index in [0.29, 0.717) is 41.5 Å². The molecule has 0 aliphatic heterocycles. The van der Waals surface area contributed by atoms with Crippen LogP contribution >= 0.6 is 0 Å². The minimum atomic E-state index is -0.334. The number of carbonyl (C=O) groups is 1. The van der Waals surface area contributed by atoms with Crippen LogP contribution in [0.1, 0.15) is 29.8 Å². The van der Waals surface area contributed by atoms with E-state index in [-0.39, 0.29) is 5.91 Å². The van der Waals surface area contributed by atoms with Crippen molar-refractivity contribution in [2.45, 2.75) is 13.8 Å². The molecule has 0 atom stereocenters. The van der Waals surface area contributed by atoms with Crippen molar-refractivity contribution in [1.82, 2.24) is 0 Å². The summed E-state index contributed by atoms with van der Waals surface area (Å²) in [5, 5.41) is 11.8. The first kappa shape index (κ1) is 16.4. The van der Waals surface area contributed by atoms with Gasteiger partial charge in [0.15, 0.2) is 0 Å². The highest BCUT2D eigenvalue weighted by Crippen LogP contribution is 2.26. The van der Waals surface area contributed by atoms with Crippen molar-refractivity contribution >= 4 is 11.6 Å².